The summed E-state index contributed by atoms with van der Waals surface area (Å²) in [4.78, 5) is 12.4. The summed E-state index contributed by atoms with van der Waals surface area (Å²) in [5.41, 5.74) is 1.76. The molecule has 136 valence electrons. The van der Waals surface area contributed by atoms with E-state index in [9.17, 15) is 4.79 Å². The molecule has 0 aliphatic rings. The van der Waals surface area contributed by atoms with Gasteiger partial charge in [0.15, 0.2) is 5.82 Å². The topological polar surface area (TPSA) is 110 Å². The standard InChI is InChI=1S/C18H15ClN6OS/c1-11(17(26)22-15-7-2-4-12(8-15)10-20)27-18-24-23-16(25(18)21)13-5-3-6-14(19)9-13/h2-9,11H,21H2,1H3,(H,22,26)/t11-/m1/s1. The molecule has 3 rings (SSSR count). The van der Waals surface area contributed by atoms with E-state index >= 15 is 0 Å². The second kappa shape index (κ2) is 8.12. The first-order valence-electron chi connectivity index (χ1n) is 7.92. The number of hydrogen-bond donors (Lipinski definition) is 2. The van der Waals surface area contributed by atoms with Crippen LogP contribution in [0.25, 0.3) is 11.4 Å². The fourth-order valence-corrected chi connectivity index (χ4v) is 3.26. The zero-order chi connectivity index (χ0) is 19.4. The van der Waals surface area contributed by atoms with Crippen molar-refractivity contribution in [3.05, 3.63) is 59.1 Å². The van der Waals surface area contributed by atoms with Gasteiger partial charge in [0.25, 0.3) is 0 Å². The summed E-state index contributed by atoms with van der Waals surface area (Å²) in [7, 11) is 0. The van der Waals surface area contributed by atoms with E-state index in [0.717, 1.165) is 5.56 Å². The van der Waals surface area contributed by atoms with Gasteiger partial charge < -0.3 is 11.2 Å². The molecule has 3 N–H and O–H groups in total. The van der Waals surface area contributed by atoms with E-state index in [1.165, 1.54) is 16.4 Å². The number of rotatable bonds is 5. The van der Waals surface area contributed by atoms with Crippen LogP contribution >= 0.6 is 23.4 Å². The van der Waals surface area contributed by atoms with Crippen LogP contribution in [-0.2, 0) is 4.79 Å². The van der Waals surface area contributed by atoms with Crippen LogP contribution in [0.3, 0.4) is 0 Å². The zero-order valence-electron chi connectivity index (χ0n) is 14.3. The number of anilines is 1. The molecule has 0 fully saturated rings. The van der Waals surface area contributed by atoms with Crippen molar-refractivity contribution in [2.45, 2.75) is 17.3 Å². The van der Waals surface area contributed by atoms with Gasteiger partial charge in [0.2, 0.25) is 11.1 Å². The fourth-order valence-electron chi connectivity index (χ4n) is 2.30. The molecule has 0 aliphatic heterocycles. The van der Waals surface area contributed by atoms with E-state index in [4.69, 9.17) is 22.7 Å². The average molecular weight is 399 g/mol. The van der Waals surface area contributed by atoms with Crippen molar-refractivity contribution in [3.8, 4) is 17.5 Å². The van der Waals surface area contributed by atoms with Crippen molar-refractivity contribution < 1.29 is 4.79 Å². The van der Waals surface area contributed by atoms with Crippen molar-refractivity contribution in [1.29, 1.82) is 5.26 Å². The lowest BCUT2D eigenvalue weighted by Crippen LogP contribution is -2.23. The number of aromatic nitrogens is 3. The van der Waals surface area contributed by atoms with E-state index in [2.05, 4.69) is 15.5 Å². The normalized spacial score (nSPS) is 11.6. The van der Waals surface area contributed by atoms with Crippen LogP contribution in [0.2, 0.25) is 5.02 Å². The van der Waals surface area contributed by atoms with Crippen molar-refractivity contribution in [1.82, 2.24) is 14.9 Å². The summed E-state index contributed by atoms with van der Waals surface area (Å²) in [5.74, 6) is 6.30. The number of carbonyl (C=O) groups is 1. The van der Waals surface area contributed by atoms with Crippen molar-refractivity contribution in [2.24, 2.45) is 0 Å². The molecule has 1 heterocycles. The minimum Gasteiger partial charge on any atom is -0.335 e. The monoisotopic (exact) mass is 398 g/mol. The number of benzene rings is 2. The highest BCUT2D eigenvalue weighted by Crippen LogP contribution is 2.26. The van der Waals surface area contributed by atoms with Gasteiger partial charge in [-0.3, -0.25) is 4.79 Å². The number of nitrogen functional groups attached to an aromatic ring is 1. The third kappa shape index (κ3) is 4.39. The summed E-state index contributed by atoms with van der Waals surface area (Å²) in [5, 5.41) is 20.4. The van der Waals surface area contributed by atoms with Crippen LogP contribution in [0.4, 0.5) is 5.69 Å². The van der Waals surface area contributed by atoms with Gasteiger partial charge in [0.05, 0.1) is 16.9 Å². The van der Waals surface area contributed by atoms with E-state index in [0.29, 0.717) is 27.3 Å². The predicted molar refractivity (Wildman–Crippen MR) is 106 cm³/mol. The number of halogens is 1. The van der Waals surface area contributed by atoms with E-state index in [1.54, 1.807) is 49.4 Å². The Kier molecular flexibility index (Phi) is 5.64. The highest BCUT2D eigenvalue weighted by atomic mass is 35.5. The molecular formula is C18H15ClN6OS. The number of carbonyl (C=O) groups excluding carboxylic acids is 1. The van der Waals surface area contributed by atoms with E-state index in [-0.39, 0.29) is 5.91 Å². The largest absolute Gasteiger partial charge is 0.335 e. The minimum absolute atomic E-state index is 0.234. The number of nitrogens with one attached hydrogen (secondary N) is 1. The van der Waals surface area contributed by atoms with Crippen LogP contribution in [0.1, 0.15) is 12.5 Å². The summed E-state index contributed by atoms with van der Waals surface area (Å²) < 4.78 is 1.33. The summed E-state index contributed by atoms with van der Waals surface area (Å²) in [6.07, 6.45) is 0. The second-order valence-electron chi connectivity index (χ2n) is 5.63. The molecule has 7 nitrogen and oxygen atoms in total. The van der Waals surface area contributed by atoms with Gasteiger partial charge in [-0.25, -0.2) is 4.68 Å². The smallest absolute Gasteiger partial charge is 0.237 e. The van der Waals surface area contributed by atoms with Gasteiger partial charge in [-0.2, -0.15) is 5.26 Å². The van der Waals surface area contributed by atoms with Gasteiger partial charge in [-0.1, -0.05) is 41.6 Å². The van der Waals surface area contributed by atoms with Crippen LogP contribution in [0.5, 0.6) is 0 Å². The predicted octanol–water partition coefficient (Wildman–Crippen LogP) is 3.30. The Morgan fingerprint density at radius 1 is 1.30 bits per heavy atom. The van der Waals surface area contributed by atoms with Gasteiger partial charge in [-0.15, -0.1) is 10.2 Å². The molecule has 3 aromatic rings. The summed E-state index contributed by atoms with van der Waals surface area (Å²) in [6, 6.07) is 15.9. The Balaban J connectivity index is 1.71. The molecule has 1 atom stereocenters. The molecule has 0 unspecified atom stereocenters. The number of nitriles is 1. The highest BCUT2D eigenvalue weighted by molar-refractivity contribution is 8.00. The molecule has 0 radical (unpaired) electrons. The quantitative estimate of drug-likeness (QED) is 0.504. The van der Waals surface area contributed by atoms with Crippen LogP contribution in [0.15, 0.2) is 53.7 Å². The molecule has 0 saturated heterocycles. The zero-order valence-corrected chi connectivity index (χ0v) is 15.8. The van der Waals surface area contributed by atoms with Crippen molar-refractivity contribution >= 4 is 35.0 Å². The SMILES string of the molecule is C[C@@H](Sc1nnc(-c2cccc(Cl)c2)n1N)C(=O)Nc1cccc(C#N)c1. The number of nitrogens with zero attached hydrogens (tertiary/aromatic N) is 4. The highest BCUT2D eigenvalue weighted by Gasteiger charge is 2.20. The number of amides is 1. The Bertz CT molecular complexity index is 1030. The number of hydrogen-bond acceptors (Lipinski definition) is 6. The lowest BCUT2D eigenvalue weighted by atomic mass is 10.2. The molecule has 0 aliphatic carbocycles. The van der Waals surface area contributed by atoms with Gasteiger partial charge in [-0.05, 0) is 37.3 Å². The lowest BCUT2D eigenvalue weighted by Gasteiger charge is -2.11. The first kappa shape index (κ1) is 18.8. The van der Waals surface area contributed by atoms with Gasteiger partial charge in [0, 0.05) is 16.3 Å². The Morgan fingerprint density at radius 3 is 2.81 bits per heavy atom. The molecule has 0 bridgehead atoms. The van der Waals surface area contributed by atoms with E-state index in [1.807, 2.05) is 12.1 Å². The molecule has 0 spiro atoms. The van der Waals surface area contributed by atoms with Crippen LogP contribution < -0.4 is 11.2 Å². The third-order valence-corrected chi connectivity index (χ3v) is 4.95. The van der Waals surface area contributed by atoms with Crippen molar-refractivity contribution in [3.63, 3.8) is 0 Å². The number of thioether (sulfide) groups is 1. The summed E-state index contributed by atoms with van der Waals surface area (Å²) in [6.45, 7) is 1.74. The summed E-state index contributed by atoms with van der Waals surface area (Å²) >= 11 is 7.18. The third-order valence-electron chi connectivity index (χ3n) is 3.66. The Hall–Kier alpha value is -3.02. The molecular weight excluding hydrogens is 384 g/mol. The van der Waals surface area contributed by atoms with Crippen LogP contribution in [-0.4, -0.2) is 26.0 Å². The number of nitrogens with two attached hydrogens (primary N) is 1. The first-order valence-corrected chi connectivity index (χ1v) is 9.18. The first-order chi connectivity index (χ1) is 13.0. The minimum atomic E-state index is -0.477. The Labute approximate surface area is 165 Å². The molecule has 1 amide bonds. The molecule has 1 aromatic heterocycles. The maximum absolute atomic E-state index is 12.4. The Morgan fingerprint density at radius 2 is 2.07 bits per heavy atom. The maximum Gasteiger partial charge on any atom is 0.237 e. The molecule has 0 saturated carbocycles. The molecule has 2 aromatic carbocycles. The van der Waals surface area contributed by atoms with Crippen molar-refractivity contribution in [2.75, 3.05) is 11.2 Å². The van der Waals surface area contributed by atoms with Gasteiger partial charge in [0.1, 0.15) is 0 Å². The fraction of sp³-hybridized carbons (Fsp3) is 0.111. The lowest BCUT2D eigenvalue weighted by molar-refractivity contribution is -0.115. The molecule has 27 heavy (non-hydrogen) atoms. The average Bonchev–Trinajstić information content (AvgIpc) is 3.02. The second-order valence-corrected chi connectivity index (χ2v) is 7.37. The van der Waals surface area contributed by atoms with Crippen LogP contribution in [0, 0.1) is 11.3 Å². The maximum atomic E-state index is 12.4. The van der Waals surface area contributed by atoms with E-state index < -0.39 is 5.25 Å². The van der Waals surface area contributed by atoms with Gasteiger partial charge >= 0.3 is 0 Å². The molecule has 9 heteroatoms.